The number of nitrogens with zero attached hydrogens (tertiary/aromatic N) is 2. The first kappa shape index (κ1) is 17.3. The Morgan fingerprint density at radius 3 is 2.52 bits per heavy atom. The van der Waals surface area contributed by atoms with Gasteiger partial charge in [-0.15, -0.1) is 6.42 Å². The second-order valence-electron chi connectivity index (χ2n) is 6.86. The monoisotopic (exact) mass is 364 g/mol. The highest BCUT2D eigenvalue weighted by Gasteiger charge is 2.59. The van der Waals surface area contributed by atoms with E-state index in [1.165, 1.54) is 6.21 Å². The summed E-state index contributed by atoms with van der Waals surface area (Å²) in [4.78, 5) is 25.3. The standard InChI is InChI=1S/C21H20N2O4/c1-3-9-27-16-8-5-13(10-17(16)26-4-2)12-22-23-20(24)18-14-6-7-15(11-14)19(18)21(23)25/h1,5-8,10,12,14-15,18-19H,4,9,11H2,2H3/t14-,15-,18-,19+/m0/s1. The summed E-state index contributed by atoms with van der Waals surface area (Å²) in [5.74, 6) is 2.95. The van der Waals surface area contributed by atoms with Crippen molar-refractivity contribution in [1.29, 1.82) is 0 Å². The van der Waals surface area contributed by atoms with Gasteiger partial charge in [0.25, 0.3) is 11.8 Å². The maximum absolute atomic E-state index is 12.6. The van der Waals surface area contributed by atoms with Crippen LogP contribution in [0.25, 0.3) is 0 Å². The minimum absolute atomic E-state index is 0.142. The maximum Gasteiger partial charge on any atom is 0.254 e. The molecule has 1 aromatic carbocycles. The average Bonchev–Trinajstić information content (AvgIpc) is 3.34. The molecule has 0 aromatic heterocycles. The molecule has 4 atom stereocenters. The van der Waals surface area contributed by atoms with E-state index < -0.39 is 0 Å². The van der Waals surface area contributed by atoms with E-state index in [0.717, 1.165) is 11.4 Å². The number of hydrogen-bond acceptors (Lipinski definition) is 5. The quantitative estimate of drug-likeness (QED) is 0.336. The molecule has 1 heterocycles. The van der Waals surface area contributed by atoms with Crippen molar-refractivity contribution in [1.82, 2.24) is 5.01 Å². The Labute approximate surface area is 157 Å². The lowest BCUT2D eigenvalue weighted by Gasteiger charge is -2.13. The van der Waals surface area contributed by atoms with Crippen LogP contribution in [-0.4, -0.2) is 36.3 Å². The van der Waals surface area contributed by atoms with Crippen molar-refractivity contribution in [2.24, 2.45) is 28.8 Å². The molecule has 2 bridgehead atoms. The smallest absolute Gasteiger partial charge is 0.254 e. The number of fused-ring (bicyclic) bond motifs is 5. The van der Waals surface area contributed by atoms with Crippen LogP contribution in [-0.2, 0) is 9.59 Å². The molecule has 0 radical (unpaired) electrons. The first-order chi connectivity index (χ1) is 13.1. The van der Waals surface area contributed by atoms with Crippen molar-refractivity contribution in [2.75, 3.05) is 13.2 Å². The van der Waals surface area contributed by atoms with E-state index in [4.69, 9.17) is 15.9 Å². The summed E-state index contributed by atoms with van der Waals surface area (Å²) >= 11 is 0. The number of allylic oxidation sites excluding steroid dienone is 2. The van der Waals surface area contributed by atoms with Gasteiger partial charge in [-0.25, -0.2) is 0 Å². The zero-order chi connectivity index (χ0) is 19.0. The van der Waals surface area contributed by atoms with Crippen molar-refractivity contribution in [3.8, 4) is 23.8 Å². The van der Waals surface area contributed by atoms with E-state index in [-0.39, 0.29) is 42.1 Å². The van der Waals surface area contributed by atoms with Crippen LogP contribution in [0.1, 0.15) is 18.9 Å². The predicted octanol–water partition coefficient (Wildman–Crippen LogP) is 2.24. The van der Waals surface area contributed by atoms with Crippen molar-refractivity contribution >= 4 is 18.0 Å². The number of carbonyl (C=O) groups excluding carboxylic acids is 2. The van der Waals surface area contributed by atoms with Crippen LogP contribution in [0, 0.1) is 36.0 Å². The molecular weight excluding hydrogens is 344 g/mol. The highest BCUT2D eigenvalue weighted by Crippen LogP contribution is 2.52. The van der Waals surface area contributed by atoms with Crippen molar-refractivity contribution in [3.63, 3.8) is 0 Å². The van der Waals surface area contributed by atoms with Crippen LogP contribution in [0.3, 0.4) is 0 Å². The fourth-order valence-corrected chi connectivity index (χ4v) is 4.24. The lowest BCUT2D eigenvalue weighted by molar-refractivity contribution is -0.140. The molecule has 3 aliphatic rings. The fourth-order valence-electron chi connectivity index (χ4n) is 4.24. The van der Waals surface area contributed by atoms with Crippen molar-refractivity contribution in [2.45, 2.75) is 13.3 Å². The minimum atomic E-state index is -0.247. The number of amides is 2. The Balaban J connectivity index is 1.53. The van der Waals surface area contributed by atoms with Gasteiger partial charge in [0.2, 0.25) is 0 Å². The third-order valence-corrected chi connectivity index (χ3v) is 5.35. The average molecular weight is 364 g/mol. The number of carbonyl (C=O) groups is 2. The third-order valence-electron chi connectivity index (χ3n) is 5.35. The van der Waals surface area contributed by atoms with Gasteiger partial charge in [0, 0.05) is 0 Å². The van der Waals surface area contributed by atoms with Gasteiger partial charge < -0.3 is 9.47 Å². The summed E-state index contributed by atoms with van der Waals surface area (Å²) in [5, 5.41) is 5.21. The minimum Gasteiger partial charge on any atom is -0.490 e. The molecule has 1 saturated carbocycles. The number of terminal acetylenes is 1. The van der Waals surface area contributed by atoms with E-state index >= 15 is 0 Å². The van der Waals surface area contributed by atoms with Crippen LogP contribution < -0.4 is 9.47 Å². The summed E-state index contributed by atoms with van der Waals surface area (Å²) in [6.45, 7) is 2.48. The van der Waals surface area contributed by atoms with Crippen LogP contribution in [0.5, 0.6) is 11.5 Å². The summed E-state index contributed by atoms with van der Waals surface area (Å²) in [6.07, 6.45) is 11.8. The summed E-state index contributed by atoms with van der Waals surface area (Å²) in [5.41, 5.74) is 0.699. The Bertz CT molecular complexity index is 853. The molecule has 4 rings (SSSR count). The van der Waals surface area contributed by atoms with Gasteiger partial charge in [-0.1, -0.05) is 18.1 Å². The van der Waals surface area contributed by atoms with Crippen molar-refractivity contribution in [3.05, 3.63) is 35.9 Å². The molecule has 6 nitrogen and oxygen atoms in total. The van der Waals surface area contributed by atoms with Crippen molar-refractivity contribution < 1.29 is 19.1 Å². The molecule has 1 aromatic rings. The maximum atomic E-state index is 12.6. The molecular formula is C21H20N2O4. The molecule has 2 amide bonds. The summed E-state index contributed by atoms with van der Waals surface area (Å²) in [6, 6.07) is 5.25. The highest BCUT2D eigenvalue weighted by atomic mass is 16.5. The van der Waals surface area contributed by atoms with Gasteiger partial charge in [-0.3, -0.25) is 9.59 Å². The molecule has 2 fully saturated rings. The molecule has 0 N–H and O–H groups in total. The molecule has 1 saturated heterocycles. The van der Waals surface area contributed by atoms with E-state index in [9.17, 15) is 9.59 Å². The highest BCUT2D eigenvalue weighted by molar-refractivity contribution is 6.06. The van der Waals surface area contributed by atoms with Crippen LogP contribution in [0.4, 0.5) is 0 Å². The topological polar surface area (TPSA) is 68.2 Å². The Kier molecular flexibility index (Phi) is 4.44. The summed E-state index contributed by atoms with van der Waals surface area (Å²) < 4.78 is 11.0. The van der Waals surface area contributed by atoms with Gasteiger partial charge in [0.1, 0.15) is 6.61 Å². The third kappa shape index (κ3) is 2.89. The zero-order valence-corrected chi connectivity index (χ0v) is 15.0. The molecule has 0 unspecified atom stereocenters. The zero-order valence-electron chi connectivity index (χ0n) is 15.0. The molecule has 1 aliphatic heterocycles. The van der Waals surface area contributed by atoms with E-state index in [1.807, 2.05) is 6.92 Å². The van der Waals surface area contributed by atoms with E-state index in [0.29, 0.717) is 23.7 Å². The Morgan fingerprint density at radius 2 is 1.89 bits per heavy atom. The second-order valence-corrected chi connectivity index (χ2v) is 6.86. The Morgan fingerprint density at radius 1 is 1.19 bits per heavy atom. The number of rotatable bonds is 6. The van der Waals surface area contributed by atoms with Gasteiger partial charge in [-0.05, 0) is 48.9 Å². The first-order valence-corrected chi connectivity index (χ1v) is 9.07. The van der Waals surface area contributed by atoms with Crippen LogP contribution in [0.15, 0.2) is 35.5 Å². The lowest BCUT2D eigenvalue weighted by atomic mass is 9.85. The number of hydrogen-bond donors (Lipinski definition) is 0. The molecule has 2 aliphatic carbocycles. The van der Waals surface area contributed by atoms with Gasteiger partial charge >= 0.3 is 0 Å². The van der Waals surface area contributed by atoms with E-state index in [1.54, 1.807) is 18.2 Å². The van der Waals surface area contributed by atoms with E-state index in [2.05, 4.69) is 23.2 Å². The molecule has 0 spiro atoms. The molecule has 6 heteroatoms. The number of hydrazone groups is 1. The number of benzene rings is 1. The first-order valence-electron chi connectivity index (χ1n) is 9.07. The normalized spacial score (nSPS) is 28.1. The van der Waals surface area contributed by atoms with Gasteiger partial charge in [0.15, 0.2) is 11.5 Å². The van der Waals surface area contributed by atoms with Gasteiger partial charge in [-0.2, -0.15) is 10.1 Å². The number of imide groups is 1. The SMILES string of the molecule is C#CCOc1ccc(C=NN2C(=O)[C@@H]3[C@H](C2=O)[C@H]2C=C[C@H]3C2)cc1OCC. The second kappa shape index (κ2) is 6.92. The molecule has 27 heavy (non-hydrogen) atoms. The predicted molar refractivity (Wildman–Crippen MR) is 99.1 cm³/mol. The van der Waals surface area contributed by atoms with Crippen LogP contribution in [0.2, 0.25) is 0 Å². The van der Waals surface area contributed by atoms with Crippen LogP contribution >= 0.6 is 0 Å². The Hall–Kier alpha value is -3.07. The largest absolute Gasteiger partial charge is 0.490 e. The fraction of sp³-hybridized carbons (Fsp3) is 0.381. The molecule has 138 valence electrons. The van der Waals surface area contributed by atoms with Gasteiger partial charge in [0.05, 0.1) is 24.7 Å². The number of ether oxygens (including phenoxy) is 2. The summed E-state index contributed by atoms with van der Waals surface area (Å²) in [7, 11) is 0. The lowest BCUT2D eigenvalue weighted by Crippen LogP contribution is -2.28.